The lowest BCUT2D eigenvalue weighted by atomic mass is 10.0. The van der Waals surface area contributed by atoms with Gasteiger partial charge in [0.25, 0.3) is 0 Å². The Bertz CT molecular complexity index is 614. The summed E-state index contributed by atoms with van der Waals surface area (Å²) in [5.74, 6) is 1.36. The van der Waals surface area contributed by atoms with Crippen molar-refractivity contribution in [2.45, 2.75) is 39.3 Å². The van der Waals surface area contributed by atoms with Gasteiger partial charge >= 0.3 is 0 Å². The summed E-state index contributed by atoms with van der Waals surface area (Å²) in [6, 6.07) is 8.25. The van der Waals surface area contributed by atoms with Gasteiger partial charge in [-0.05, 0) is 23.6 Å². The minimum Gasteiger partial charge on any atom is -0.497 e. The van der Waals surface area contributed by atoms with E-state index in [0.29, 0.717) is 5.92 Å². The average Bonchev–Trinajstić information content (AvgIpc) is 2.87. The van der Waals surface area contributed by atoms with Crippen LogP contribution in [0.5, 0.6) is 5.75 Å². The number of ether oxygens (including phenoxy) is 1. The zero-order valence-electron chi connectivity index (χ0n) is 13.0. The Balaban J connectivity index is 1.90. The van der Waals surface area contributed by atoms with Crippen LogP contribution >= 0.6 is 0 Å². The number of nitrogens with one attached hydrogen (secondary N) is 1. The first-order valence-corrected chi connectivity index (χ1v) is 7.61. The van der Waals surface area contributed by atoms with Crippen molar-refractivity contribution >= 4 is 0 Å². The molecule has 2 aromatic rings. The Hall–Kier alpha value is -1.81. The molecule has 1 aliphatic rings. The molecule has 0 aliphatic carbocycles. The van der Waals surface area contributed by atoms with Crippen LogP contribution in [-0.2, 0) is 19.5 Å². The Morgan fingerprint density at radius 1 is 1.29 bits per heavy atom. The molecule has 0 radical (unpaired) electrons. The average molecular weight is 285 g/mol. The van der Waals surface area contributed by atoms with Crippen LogP contribution in [0.3, 0.4) is 0 Å². The molecule has 1 aliphatic heterocycles. The molecule has 112 valence electrons. The van der Waals surface area contributed by atoms with E-state index in [0.717, 1.165) is 31.8 Å². The maximum Gasteiger partial charge on any atom is 0.118 e. The number of methoxy groups -OCH3 is 1. The van der Waals surface area contributed by atoms with Crippen LogP contribution < -0.4 is 10.1 Å². The van der Waals surface area contributed by atoms with Crippen LogP contribution in [-0.4, -0.2) is 23.4 Å². The number of benzene rings is 1. The maximum atomic E-state index is 5.21. The lowest BCUT2D eigenvalue weighted by Crippen LogP contribution is -2.25. The Morgan fingerprint density at radius 3 is 2.71 bits per heavy atom. The van der Waals surface area contributed by atoms with E-state index in [1.807, 2.05) is 12.1 Å². The van der Waals surface area contributed by atoms with Crippen molar-refractivity contribution in [2.75, 3.05) is 13.7 Å². The highest BCUT2D eigenvalue weighted by Crippen LogP contribution is 2.25. The second kappa shape index (κ2) is 5.90. The van der Waals surface area contributed by atoms with Gasteiger partial charge < -0.3 is 10.1 Å². The Kier molecular flexibility index (Phi) is 3.97. The molecule has 1 aromatic heterocycles. The smallest absolute Gasteiger partial charge is 0.118 e. The summed E-state index contributed by atoms with van der Waals surface area (Å²) in [6.45, 7) is 7.26. The largest absolute Gasteiger partial charge is 0.497 e. The lowest BCUT2D eigenvalue weighted by Gasteiger charge is -2.16. The van der Waals surface area contributed by atoms with E-state index in [4.69, 9.17) is 9.84 Å². The third kappa shape index (κ3) is 2.81. The molecule has 0 saturated carbocycles. The van der Waals surface area contributed by atoms with Gasteiger partial charge in [-0.1, -0.05) is 26.0 Å². The van der Waals surface area contributed by atoms with Crippen molar-refractivity contribution < 1.29 is 4.74 Å². The summed E-state index contributed by atoms with van der Waals surface area (Å²) in [6.07, 6.45) is 1.06. The normalized spacial score (nSPS) is 14.3. The summed E-state index contributed by atoms with van der Waals surface area (Å²) < 4.78 is 7.40. The number of hydrogen-bond acceptors (Lipinski definition) is 3. The van der Waals surface area contributed by atoms with E-state index in [1.165, 1.54) is 22.5 Å². The highest BCUT2D eigenvalue weighted by molar-refractivity contribution is 5.32. The fraction of sp³-hybridized carbons (Fsp3) is 0.471. The van der Waals surface area contributed by atoms with Crippen LogP contribution in [0.25, 0.3) is 0 Å². The van der Waals surface area contributed by atoms with Crippen molar-refractivity contribution in [1.29, 1.82) is 0 Å². The molecular formula is C17H23N3O. The van der Waals surface area contributed by atoms with Gasteiger partial charge in [-0.15, -0.1) is 0 Å². The molecule has 4 nitrogen and oxygen atoms in total. The number of nitrogens with zero attached hydrogens (tertiary/aromatic N) is 2. The van der Waals surface area contributed by atoms with E-state index in [1.54, 1.807) is 7.11 Å². The van der Waals surface area contributed by atoms with Gasteiger partial charge in [0.2, 0.25) is 0 Å². The summed E-state index contributed by atoms with van der Waals surface area (Å²) in [5, 5.41) is 8.33. The Morgan fingerprint density at radius 2 is 2.05 bits per heavy atom. The molecule has 21 heavy (non-hydrogen) atoms. The van der Waals surface area contributed by atoms with Crippen LogP contribution in [0.4, 0.5) is 0 Å². The minimum absolute atomic E-state index is 0.468. The molecule has 0 fully saturated rings. The number of hydrogen-bond donors (Lipinski definition) is 1. The van der Waals surface area contributed by atoms with Gasteiger partial charge in [-0.25, -0.2) is 0 Å². The van der Waals surface area contributed by atoms with E-state index < -0.39 is 0 Å². The van der Waals surface area contributed by atoms with Crippen molar-refractivity contribution in [3.05, 3.63) is 46.8 Å². The second-order valence-corrected chi connectivity index (χ2v) is 5.90. The molecule has 0 unspecified atom stereocenters. The molecule has 0 bridgehead atoms. The number of rotatable bonds is 4. The topological polar surface area (TPSA) is 39.1 Å². The van der Waals surface area contributed by atoms with E-state index >= 15 is 0 Å². The van der Waals surface area contributed by atoms with Crippen molar-refractivity contribution in [2.24, 2.45) is 0 Å². The predicted molar refractivity (Wildman–Crippen MR) is 83.8 cm³/mol. The number of aromatic nitrogens is 2. The van der Waals surface area contributed by atoms with Gasteiger partial charge in [-0.3, -0.25) is 4.68 Å². The molecule has 0 saturated heterocycles. The zero-order chi connectivity index (χ0) is 14.8. The van der Waals surface area contributed by atoms with E-state index in [2.05, 4.69) is 36.0 Å². The zero-order valence-corrected chi connectivity index (χ0v) is 13.0. The predicted octanol–water partition coefficient (Wildman–Crippen LogP) is 2.71. The molecule has 0 amide bonds. The third-order valence-electron chi connectivity index (χ3n) is 4.08. The number of fused-ring (bicyclic) bond motifs is 1. The summed E-state index contributed by atoms with van der Waals surface area (Å²) in [7, 11) is 1.70. The summed E-state index contributed by atoms with van der Waals surface area (Å²) in [4.78, 5) is 0. The van der Waals surface area contributed by atoms with E-state index in [-0.39, 0.29) is 0 Å². The minimum atomic E-state index is 0.468. The molecule has 0 atom stereocenters. The molecule has 2 heterocycles. The van der Waals surface area contributed by atoms with Crippen molar-refractivity contribution in [1.82, 2.24) is 15.1 Å². The molecular weight excluding hydrogens is 262 g/mol. The molecule has 3 rings (SSSR count). The fourth-order valence-electron chi connectivity index (χ4n) is 2.95. The highest BCUT2D eigenvalue weighted by atomic mass is 16.5. The molecule has 4 heteroatoms. The summed E-state index contributed by atoms with van der Waals surface area (Å²) in [5.41, 5.74) is 5.30. The lowest BCUT2D eigenvalue weighted by molar-refractivity contribution is 0.414. The highest BCUT2D eigenvalue weighted by Gasteiger charge is 2.22. The molecule has 0 spiro atoms. The SMILES string of the molecule is COc1ccc(Cn2nc(C(C)C)c3c2CCNC3)cc1. The van der Waals surface area contributed by atoms with Crippen LogP contribution in [0, 0.1) is 0 Å². The monoisotopic (exact) mass is 285 g/mol. The van der Waals surface area contributed by atoms with Gasteiger partial charge in [0.1, 0.15) is 5.75 Å². The van der Waals surface area contributed by atoms with Crippen molar-refractivity contribution in [3.8, 4) is 5.75 Å². The van der Waals surface area contributed by atoms with Gasteiger partial charge in [0.15, 0.2) is 0 Å². The first-order chi connectivity index (χ1) is 10.2. The van der Waals surface area contributed by atoms with Gasteiger partial charge in [-0.2, -0.15) is 5.10 Å². The first-order valence-electron chi connectivity index (χ1n) is 7.61. The summed E-state index contributed by atoms with van der Waals surface area (Å²) >= 11 is 0. The molecule has 1 N–H and O–H groups in total. The standard InChI is InChI=1S/C17H23N3O/c1-12(2)17-15-10-18-9-8-16(15)20(19-17)11-13-4-6-14(21-3)7-5-13/h4-7,12,18H,8-11H2,1-3H3. The first kappa shape index (κ1) is 14.1. The van der Waals surface area contributed by atoms with Crippen LogP contribution in [0.2, 0.25) is 0 Å². The van der Waals surface area contributed by atoms with Crippen molar-refractivity contribution in [3.63, 3.8) is 0 Å². The Labute approximate surface area is 126 Å². The maximum absolute atomic E-state index is 5.21. The van der Waals surface area contributed by atoms with Crippen LogP contribution in [0.15, 0.2) is 24.3 Å². The third-order valence-corrected chi connectivity index (χ3v) is 4.08. The second-order valence-electron chi connectivity index (χ2n) is 5.90. The van der Waals surface area contributed by atoms with Gasteiger partial charge in [0.05, 0.1) is 19.3 Å². The van der Waals surface area contributed by atoms with Gasteiger partial charge in [0, 0.05) is 30.8 Å². The van der Waals surface area contributed by atoms with E-state index in [9.17, 15) is 0 Å². The van der Waals surface area contributed by atoms with Crippen LogP contribution in [0.1, 0.15) is 42.3 Å². The quantitative estimate of drug-likeness (QED) is 0.939. The fourth-order valence-corrected chi connectivity index (χ4v) is 2.95. The molecule has 1 aromatic carbocycles.